The number of amides is 1. The Balaban J connectivity index is 1.88. The van der Waals surface area contributed by atoms with Gasteiger partial charge < -0.3 is 21.4 Å². The lowest BCUT2D eigenvalue weighted by atomic mass is 9.95. The van der Waals surface area contributed by atoms with E-state index in [0.29, 0.717) is 5.65 Å². The fourth-order valence-electron chi connectivity index (χ4n) is 3.70. The van der Waals surface area contributed by atoms with Crippen molar-refractivity contribution in [1.82, 2.24) is 20.5 Å². The van der Waals surface area contributed by atoms with Crippen LogP contribution in [0.4, 0.5) is 5.69 Å². The van der Waals surface area contributed by atoms with Gasteiger partial charge in [0, 0.05) is 40.5 Å². The third kappa shape index (κ3) is 2.03. The minimum Gasteiger partial charge on any atom is -0.387 e. The fraction of sp³-hybridized carbons (Fsp3) is 0.105. The number of para-hydroxylation sites is 1. The highest BCUT2D eigenvalue weighted by atomic mass is 16.1. The number of nitrogens with zero attached hydrogens (tertiary/aromatic N) is 2. The van der Waals surface area contributed by atoms with Crippen LogP contribution in [0.1, 0.15) is 22.1 Å². The number of benzene rings is 1. The van der Waals surface area contributed by atoms with E-state index in [1.807, 2.05) is 36.7 Å². The molecule has 2 aromatic heterocycles. The van der Waals surface area contributed by atoms with Crippen LogP contribution in [0.2, 0.25) is 0 Å². The molecule has 0 saturated heterocycles. The molecule has 0 radical (unpaired) electrons. The molecule has 1 atom stereocenters. The Kier molecular flexibility index (Phi) is 3.08. The third-order valence-electron chi connectivity index (χ3n) is 4.85. The highest BCUT2D eigenvalue weighted by molar-refractivity contribution is 6.10. The molecule has 7 nitrogen and oxygen atoms in total. The maximum absolute atomic E-state index is 12.0. The van der Waals surface area contributed by atoms with Crippen LogP contribution in [0.15, 0.2) is 54.4 Å². The van der Waals surface area contributed by atoms with E-state index in [1.165, 1.54) is 0 Å². The molecule has 0 spiro atoms. The lowest BCUT2D eigenvalue weighted by molar-refractivity contribution is 0.0995. The van der Waals surface area contributed by atoms with Crippen LogP contribution in [0.25, 0.3) is 22.2 Å². The number of dihydropyridines is 1. The van der Waals surface area contributed by atoms with E-state index in [2.05, 4.69) is 38.0 Å². The molecule has 0 saturated carbocycles. The SMILES string of the molecule is NC(=O)c1nnc2[nH]cc3c2c1-c1ccccc1NC3C1=CCNC=C1. The number of hydrogen-bond donors (Lipinski definition) is 4. The summed E-state index contributed by atoms with van der Waals surface area (Å²) in [4.78, 5) is 15.2. The first-order chi connectivity index (χ1) is 12.7. The first-order valence-electron chi connectivity index (χ1n) is 8.37. The Morgan fingerprint density at radius 2 is 2.12 bits per heavy atom. The van der Waals surface area contributed by atoms with Gasteiger partial charge in [-0.25, -0.2) is 0 Å². The first-order valence-corrected chi connectivity index (χ1v) is 8.37. The smallest absolute Gasteiger partial charge is 0.269 e. The topological polar surface area (TPSA) is 109 Å². The van der Waals surface area contributed by atoms with Crippen LogP contribution in [-0.4, -0.2) is 27.6 Å². The van der Waals surface area contributed by atoms with Crippen molar-refractivity contribution in [3.8, 4) is 11.1 Å². The van der Waals surface area contributed by atoms with Crippen molar-refractivity contribution in [3.05, 3.63) is 65.6 Å². The van der Waals surface area contributed by atoms with Gasteiger partial charge in [0.15, 0.2) is 11.3 Å². The van der Waals surface area contributed by atoms with Gasteiger partial charge in [0.05, 0.1) is 6.04 Å². The number of fused-ring (bicyclic) bond motifs is 2. The van der Waals surface area contributed by atoms with Crippen LogP contribution in [0, 0.1) is 0 Å². The highest BCUT2D eigenvalue weighted by Crippen LogP contribution is 2.44. The molecule has 128 valence electrons. The maximum Gasteiger partial charge on any atom is 0.269 e. The average molecular weight is 344 g/mol. The largest absolute Gasteiger partial charge is 0.387 e. The molecule has 2 aliphatic rings. The van der Waals surface area contributed by atoms with Crippen molar-refractivity contribution in [1.29, 1.82) is 0 Å². The molecule has 2 aliphatic heterocycles. The van der Waals surface area contributed by atoms with Crippen molar-refractivity contribution in [2.24, 2.45) is 5.73 Å². The van der Waals surface area contributed by atoms with Crippen molar-refractivity contribution in [2.75, 3.05) is 11.9 Å². The van der Waals surface area contributed by atoms with Crippen molar-refractivity contribution in [3.63, 3.8) is 0 Å². The summed E-state index contributed by atoms with van der Waals surface area (Å²) in [7, 11) is 0. The van der Waals surface area contributed by atoms with E-state index >= 15 is 0 Å². The molecule has 1 amide bonds. The van der Waals surface area contributed by atoms with Gasteiger partial charge in [-0.05, 0) is 23.9 Å². The van der Waals surface area contributed by atoms with Crippen LogP contribution < -0.4 is 16.4 Å². The zero-order valence-corrected chi connectivity index (χ0v) is 13.8. The number of carbonyl (C=O) groups is 1. The highest BCUT2D eigenvalue weighted by Gasteiger charge is 2.30. The van der Waals surface area contributed by atoms with Gasteiger partial charge in [0.25, 0.3) is 5.91 Å². The van der Waals surface area contributed by atoms with Gasteiger partial charge in [0.2, 0.25) is 0 Å². The molecule has 3 aromatic rings. The second-order valence-corrected chi connectivity index (χ2v) is 6.32. The van der Waals surface area contributed by atoms with E-state index in [1.54, 1.807) is 0 Å². The lowest BCUT2D eigenvalue weighted by Gasteiger charge is -2.22. The monoisotopic (exact) mass is 344 g/mol. The minimum absolute atomic E-state index is 0.0746. The quantitative estimate of drug-likeness (QED) is 0.570. The van der Waals surface area contributed by atoms with Crippen molar-refractivity contribution in [2.45, 2.75) is 6.04 Å². The summed E-state index contributed by atoms with van der Waals surface area (Å²) in [5, 5.41) is 15.9. The van der Waals surface area contributed by atoms with E-state index in [4.69, 9.17) is 5.73 Å². The number of primary amides is 1. The summed E-state index contributed by atoms with van der Waals surface area (Å²) in [6.45, 7) is 0.771. The number of hydrogen-bond acceptors (Lipinski definition) is 5. The molecule has 1 aromatic carbocycles. The van der Waals surface area contributed by atoms with E-state index in [-0.39, 0.29) is 11.7 Å². The van der Waals surface area contributed by atoms with Crippen LogP contribution >= 0.6 is 0 Å². The predicted molar refractivity (Wildman–Crippen MR) is 99.4 cm³/mol. The van der Waals surface area contributed by atoms with E-state index in [0.717, 1.165) is 39.9 Å². The summed E-state index contributed by atoms with van der Waals surface area (Å²) < 4.78 is 0. The first kappa shape index (κ1) is 14.7. The molecule has 5 rings (SSSR count). The predicted octanol–water partition coefficient (Wildman–Crippen LogP) is 2.23. The summed E-state index contributed by atoms with van der Waals surface area (Å²) in [6.07, 6.45) is 8.07. The second kappa shape index (κ2) is 5.45. The number of carbonyl (C=O) groups excluding carboxylic acids is 1. The Bertz CT molecular complexity index is 1110. The van der Waals surface area contributed by atoms with Crippen LogP contribution in [0.3, 0.4) is 0 Å². The third-order valence-corrected chi connectivity index (χ3v) is 4.85. The summed E-state index contributed by atoms with van der Waals surface area (Å²) in [6, 6.07) is 7.80. The number of nitrogens with one attached hydrogen (secondary N) is 3. The Morgan fingerprint density at radius 1 is 1.23 bits per heavy atom. The molecule has 0 bridgehead atoms. The van der Waals surface area contributed by atoms with Gasteiger partial charge in [-0.2, -0.15) is 0 Å². The zero-order valence-electron chi connectivity index (χ0n) is 13.8. The van der Waals surface area contributed by atoms with Gasteiger partial charge in [-0.3, -0.25) is 4.79 Å². The van der Waals surface area contributed by atoms with Crippen LogP contribution in [-0.2, 0) is 0 Å². The molecule has 26 heavy (non-hydrogen) atoms. The normalized spacial score (nSPS) is 17.7. The molecular weight excluding hydrogens is 328 g/mol. The van der Waals surface area contributed by atoms with Gasteiger partial charge >= 0.3 is 0 Å². The van der Waals surface area contributed by atoms with E-state index < -0.39 is 5.91 Å². The zero-order chi connectivity index (χ0) is 17.7. The Morgan fingerprint density at radius 3 is 2.92 bits per heavy atom. The molecular formula is C19H16N6O. The maximum atomic E-state index is 12.0. The average Bonchev–Trinajstić information content (AvgIpc) is 3.03. The molecule has 4 heterocycles. The Hall–Kier alpha value is -3.61. The molecule has 5 N–H and O–H groups in total. The van der Waals surface area contributed by atoms with Crippen molar-refractivity contribution < 1.29 is 4.79 Å². The number of aromatic nitrogens is 3. The second-order valence-electron chi connectivity index (χ2n) is 6.32. The van der Waals surface area contributed by atoms with Crippen LogP contribution in [0.5, 0.6) is 0 Å². The standard InChI is InChI=1S/C19H16N6O/c20-18(26)17-14-11-3-1-2-4-13(11)23-16(10-5-7-21-8-6-10)12-9-22-19(15(12)14)25-24-17/h1-7,9,16,21,23H,8H2,(H2,20,26)(H,22,25). The molecule has 7 heteroatoms. The molecule has 0 aliphatic carbocycles. The van der Waals surface area contributed by atoms with Gasteiger partial charge in [-0.15, -0.1) is 10.2 Å². The van der Waals surface area contributed by atoms with Gasteiger partial charge in [0.1, 0.15) is 0 Å². The number of nitrogens with two attached hydrogens (primary N) is 1. The summed E-state index contributed by atoms with van der Waals surface area (Å²) in [5.74, 6) is -0.587. The molecule has 0 fully saturated rings. The molecule has 1 unspecified atom stereocenters. The summed E-state index contributed by atoms with van der Waals surface area (Å²) in [5.41, 5.74) is 11.1. The van der Waals surface area contributed by atoms with Crippen molar-refractivity contribution >= 4 is 22.6 Å². The number of anilines is 1. The fourth-order valence-corrected chi connectivity index (χ4v) is 3.70. The Labute approximate surface area is 149 Å². The minimum atomic E-state index is -0.587. The summed E-state index contributed by atoms with van der Waals surface area (Å²) >= 11 is 0. The number of rotatable bonds is 2. The lowest BCUT2D eigenvalue weighted by Crippen LogP contribution is -2.17. The van der Waals surface area contributed by atoms with E-state index in [9.17, 15) is 4.79 Å². The van der Waals surface area contributed by atoms with Gasteiger partial charge in [-0.1, -0.05) is 24.3 Å². The number of aromatic amines is 1. The number of H-pyrrole nitrogens is 1.